The number of fused-ring (bicyclic) bond motifs is 1. The molecule has 3 rings (SSSR count). The summed E-state index contributed by atoms with van der Waals surface area (Å²) >= 11 is 0. The van der Waals surface area contributed by atoms with Gasteiger partial charge in [0.15, 0.2) is 0 Å². The Morgan fingerprint density at radius 2 is 1.89 bits per heavy atom. The fourth-order valence-electron chi connectivity index (χ4n) is 3.21. The number of nitrogens with zero attached hydrogens (tertiary/aromatic N) is 2. The number of anilines is 1. The van der Waals surface area contributed by atoms with E-state index in [2.05, 4.69) is 22.5 Å². The van der Waals surface area contributed by atoms with Crippen molar-refractivity contribution in [3.8, 4) is 0 Å². The molecular weight excluding hydrogens is 222 g/mol. The molecule has 96 valence electrons. The van der Waals surface area contributed by atoms with E-state index in [-0.39, 0.29) is 0 Å². The molecule has 3 heteroatoms. The summed E-state index contributed by atoms with van der Waals surface area (Å²) in [4.78, 5) is 4.66. The first kappa shape index (κ1) is 11.6. The molecule has 1 aromatic carbocycles. The maximum absolute atomic E-state index is 5.84. The number of aromatic nitrogens is 2. The predicted octanol–water partition coefficient (Wildman–Crippen LogP) is 3.82. The monoisotopic (exact) mass is 243 g/mol. The zero-order valence-electron chi connectivity index (χ0n) is 11.0. The van der Waals surface area contributed by atoms with Gasteiger partial charge in [0.1, 0.15) is 5.82 Å². The molecule has 1 fully saturated rings. The second-order valence-electron chi connectivity index (χ2n) is 5.42. The quantitative estimate of drug-likeness (QED) is 0.611. The van der Waals surface area contributed by atoms with E-state index in [9.17, 15) is 0 Å². The third-order valence-corrected chi connectivity index (χ3v) is 4.08. The Hall–Kier alpha value is -1.51. The first-order valence-electron chi connectivity index (χ1n) is 7.00. The summed E-state index contributed by atoms with van der Waals surface area (Å²) in [5.74, 6) is 1.13. The zero-order chi connectivity index (χ0) is 12.5. The van der Waals surface area contributed by atoms with Crippen LogP contribution in [0.25, 0.3) is 11.0 Å². The van der Waals surface area contributed by atoms with Crippen LogP contribution in [0.5, 0.6) is 0 Å². The molecule has 0 atom stereocenters. The maximum atomic E-state index is 5.84. The van der Waals surface area contributed by atoms with Crippen LogP contribution >= 0.6 is 0 Å². The molecule has 1 heterocycles. The van der Waals surface area contributed by atoms with E-state index in [1.807, 2.05) is 12.1 Å². The van der Waals surface area contributed by atoms with Crippen molar-refractivity contribution in [1.29, 1.82) is 0 Å². The maximum Gasteiger partial charge on any atom is 0.106 e. The van der Waals surface area contributed by atoms with E-state index in [4.69, 9.17) is 5.73 Å². The fourth-order valence-corrected chi connectivity index (χ4v) is 3.21. The van der Waals surface area contributed by atoms with Crippen LogP contribution in [0.4, 0.5) is 5.69 Å². The van der Waals surface area contributed by atoms with Crippen molar-refractivity contribution in [2.45, 2.75) is 51.5 Å². The predicted molar refractivity (Wildman–Crippen MR) is 75.6 cm³/mol. The van der Waals surface area contributed by atoms with Gasteiger partial charge in [0.05, 0.1) is 11.0 Å². The third kappa shape index (κ3) is 1.98. The number of hydrogen-bond donors (Lipinski definition) is 1. The van der Waals surface area contributed by atoms with Crippen LogP contribution in [-0.4, -0.2) is 9.55 Å². The third-order valence-electron chi connectivity index (χ3n) is 4.08. The molecule has 0 radical (unpaired) electrons. The first-order chi connectivity index (χ1) is 8.75. The average Bonchev–Trinajstić information content (AvgIpc) is 2.54. The molecule has 0 aliphatic heterocycles. The second-order valence-corrected chi connectivity index (χ2v) is 5.42. The van der Waals surface area contributed by atoms with Gasteiger partial charge in [-0.1, -0.05) is 25.7 Å². The minimum atomic E-state index is 0.626. The van der Waals surface area contributed by atoms with Crippen molar-refractivity contribution >= 4 is 16.7 Å². The van der Waals surface area contributed by atoms with Crippen molar-refractivity contribution in [3.63, 3.8) is 0 Å². The normalized spacial score (nSPS) is 18.1. The topological polar surface area (TPSA) is 43.8 Å². The zero-order valence-corrected chi connectivity index (χ0v) is 11.0. The van der Waals surface area contributed by atoms with E-state index in [0.717, 1.165) is 17.0 Å². The number of rotatable bonds is 1. The molecule has 1 aliphatic carbocycles. The molecule has 0 unspecified atom stereocenters. The summed E-state index contributed by atoms with van der Waals surface area (Å²) in [5.41, 5.74) is 8.92. The lowest BCUT2D eigenvalue weighted by Crippen LogP contribution is -2.09. The Kier molecular flexibility index (Phi) is 2.98. The Labute approximate surface area is 108 Å². The van der Waals surface area contributed by atoms with Crippen molar-refractivity contribution < 1.29 is 0 Å². The molecule has 2 aromatic rings. The molecule has 1 saturated carbocycles. The molecule has 1 aliphatic rings. The summed E-state index contributed by atoms with van der Waals surface area (Å²) in [7, 11) is 0. The minimum Gasteiger partial charge on any atom is -0.399 e. The highest BCUT2D eigenvalue weighted by molar-refractivity contribution is 5.79. The Balaban J connectivity index is 2.06. The molecule has 0 spiro atoms. The number of aryl methyl sites for hydroxylation is 1. The van der Waals surface area contributed by atoms with E-state index >= 15 is 0 Å². The van der Waals surface area contributed by atoms with Gasteiger partial charge < -0.3 is 10.3 Å². The molecule has 2 N–H and O–H groups in total. The highest BCUT2D eigenvalue weighted by Crippen LogP contribution is 2.31. The molecule has 0 saturated heterocycles. The number of imidazole rings is 1. The average molecular weight is 243 g/mol. The summed E-state index contributed by atoms with van der Waals surface area (Å²) in [5, 5.41) is 0. The lowest BCUT2D eigenvalue weighted by Gasteiger charge is -2.19. The van der Waals surface area contributed by atoms with Gasteiger partial charge in [-0.05, 0) is 38.0 Å². The van der Waals surface area contributed by atoms with Crippen molar-refractivity contribution in [2.75, 3.05) is 5.73 Å². The van der Waals surface area contributed by atoms with Crippen LogP contribution in [-0.2, 0) is 0 Å². The van der Waals surface area contributed by atoms with Crippen LogP contribution < -0.4 is 5.73 Å². The van der Waals surface area contributed by atoms with Crippen molar-refractivity contribution in [2.24, 2.45) is 0 Å². The largest absolute Gasteiger partial charge is 0.399 e. The van der Waals surface area contributed by atoms with Crippen LogP contribution in [0.1, 0.15) is 50.4 Å². The molecule has 18 heavy (non-hydrogen) atoms. The van der Waals surface area contributed by atoms with Gasteiger partial charge >= 0.3 is 0 Å². The summed E-state index contributed by atoms with van der Waals surface area (Å²) in [6.07, 6.45) is 8.04. The van der Waals surface area contributed by atoms with E-state index in [1.54, 1.807) is 0 Å². The standard InChI is InChI=1S/C15H21N3/c1-11-17-14-10-12(16)8-9-15(14)18(11)13-6-4-2-3-5-7-13/h8-10,13H,2-7,16H2,1H3. The van der Waals surface area contributed by atoms with Crippen LogP contribution in [0.3, 0.4) is 0 Å². The van der Waals surface area contributed by atoms with Gasteiger partial charge in [-0.3, -0.25) is 0 Å². The van der Waals surface area contributed by atoms with E-state index < -0.39 is 0 Å². The second kappa shape index (κ2) is 4.63. The van der Waals surface area contributed by atoms with Gasteiger partial charge in [-0.15, -0.1) is 0 Å². The highest BCUT2D eigenvalue weighted by atomic mass is 15.1. The lowest BCUT2D eigenvalue weighted by molar-refractivity contribution is 0.446. The molecule has 0 amide bonds. The molecule has 0 bridgehead atoms. The SMILES string of the molecule is Cc1nc2cc(N)ccc2n1C1CCCCCC1. The summed E-state index contributed by atoms with van der Waals surface area (Å²) in [6, 6.07) is 6.71. The van der Waals surface area contributed by atoms with Gasteiger partial charge in [-0.2, -0.15) is 0 Å². The Morgan fingerprint density at radius 3 is 2.61 bits per heavy atom. The fraction of sp³-hybridized carbons (Fsp3) is 0.533. The van der Waals surface area contributed by atoms with Gasteiger partial charge in [0.2, 0.25) is 0 Å². The van der Waals surface area contributed by atoms with Gasteiger partial charge in [0.25, 0.3) is 0 Å². The molecule has 1 aromatic heterocycles. The van der Waals surface area contributed by atoms with Crippen molar-refractivity contribution in [3.05, 3.63) is 24.0 Å². The smallest absolute Gasteiger partial charge is 0.106 e. The van der Waals surface area contributed by atoms with Crippen LogP contribution in [0.2, 0.25) is 0 Å². The number of benzene rings is 1. The summed E-state index contributed by atoms with van der Waals surface area (Å²) < 4.78 is 2.43. The Bertz CT molecular complexity index is 548. The highest BCUT2D eigenvalue weighted by Gasteiger charge is 2.18. The van der Waals surface area contributed by atoms with Gasteiger partial charge in [-0.25, -0.2) is 4.98 Å². The molecule has 3 nitrogen and oxygen atoms in total. The summed E-state index contributed by atoms with van der Waals surface area (Å²) in [6.45, 7) is 2.11. The van der Waals surface area contributed by atoms with E-state index in [0.29, 0.717) is 6.04 Å². The number of nitrogen functional groups attached to an aromatic ring is 1. The minimum absolute atomic E-state index is 0.626. The number of nitrogens with two attached hydrogens (primary N) is 1. The molecular formula is C15H21N3. The van der Waals surface area contributed by atoms with E-state index in [1.165, 1.54) is 44.0 Å². The Morgan fingerprint density at radius 1 is 1.17 bits per heavy atom. The van der Waals surface area contributed by atoms with Crippen LogP contribution in [0, 0.1) is 6.92 Å². The van der Waals surface area contributed by atoms with Crippen LogP contribution in [0.15, 0.2) is 18.2 Å². The van der Waals surface area contributed by atoms with Crippen molar-refractivity contribution in [1.82, 2.24) is 9.55 Å². The number of hydrogen-bond acceptors (Lipinski definition) is 2. The van der Waals surface area contributed by atoms with Gasteiger partial charge in [0, 0.05) is 11.7 Å². The first-order valence-corrected chi connectivity index (χ1v) is 7.00. The lowest BCUT2D eigenvalue weighted by atomic mass is 10.1.